The van der Waals surface area contributed by atoms with Gasteiger partial charge in [-0.2, -0.15) is 0 Å². The summed E-state index contributed by atoms with van der Waals surface area (Å²) < 4.78 is 7.78. The lowest BCUT2D eigenvalue weighted by Gasteiger charge is -2.08. The third-order valence-electron chi connectivity index (χ3n) is 3.83. The Labute approximate surface area is 127 Å². The normalized spacial score (nSPS) is 13.3. The van der Waals surface area contributed by atoms with E-state index in [2.05, 4.69) is 15.3 Å². The Balaban J connectivity index is 1.71. The van der Waals surface area contributed by atoms with Gasteiger partial charge in [-0.25, -0.2) is 9.97 Å². The fourth-order valence-corrected chi connectivity index (χ4v) is 2.74. The molecule has 3 aromatic rings. The molecule has 1 aliphatic heterocycles. The first kappa shape index (κ1) is 13.0. The maximum absolute atomic E-state index is 7.76. The van der Waals surface area contributed by atoms with E-state index in [1.165, 1.54) is 6.33 Å². The summed E-state index contributed by atoms with van der Waals surface area (Å²) in [5.41, 5.74) is 3.02. The maximum Gasteiger partial charge on any atom is 0.227 e. The molecule has 0 bridgehead atoms. The lowest BCUT2D eigenvalue weighted by Crippen LogP contribution is -2.02. The second-order valence-electron chi connectivity index (χ2n) is 5.30. The van der Waals surface area contributed by atoms with Crippen LogP contribution >= 0.6 is 0 Å². The van der Waals surface area contributed by atoms with Gasteiger partial charge < -0.3 is 14.6 Å². The Morgan fingerprint density at radius 2 is 2.18 bits per heavy atom. The van der Waals surface area contributed by atoms with Gasteiger partial charge in [-0.05, 0) is 31.2 Å². The van der Waals surface area contributed by atoms with Crippen molar-refractivity contribution in [2.75, 3.05) is 0 Å². The molecule has 0 unspecified atom stereocenters. The molecule has 22 heavy (non-hydrogen) atoms. The Bertz CT molecular complexity index is 883. The van der Waals surface area contributed by atoms with Crippen molar-refractivity contribution in [2.45, 2.75) is 20.0 Å². The predicted molar refractivity (Wildman–Crippen MR) is 83.4 cm³/mol. The Hall–Kier alpha value is -2.73. The number of rotatable bonds is 2. The summed E-state index contributed by atoms with van der Waals surface area (Å²) in [6.07, 6.45) is 3.43. The van der Waals surface area contributed by atoms with Gasteiger partial charge in [-0.1, -0.05) is 0 Å². The van der Waals surface area contributed by atoms with Crippen molar-refractivity contribution in [1.82, 2.24) is 19.9 Å². The molecule has 0 aliphatic carbocycles. The van der Waals surface area contributed by atoms with E-state index in [0.29, 0.717) is 11.7 Å². The second kappa shape index (κ2) is 4.92. The van der Waals surface area contributed by atoms with E-state index in [9.17, 15) is 0 Å². The number of nitrogens with one attached hydrogen (secondary N) is 2. The van der Waals surface area contributed by atoms with E-state index in [-0.39, 0.29) is 0 Å². The summed E-state index contributed by atoms with van der Waals surface area (Å²) in [4.78, 5) is 8.50. The first-order valence-electron chi connectivity index (χ1n) is 7.10. The second-order valence-corrected chi connectivity index (χ2v) is 5.30. The van der Waals surface area contributed by atoms with E-state index in [0.717, 1.165) is 41.0 Å². The minimum Gasteiger partial charge on any atom is -0.439 e. The molecule has 2 aromatic heterocycles. The van der Waals surface area contributed by atoms with E-state index < -0.39 is 0 Å². The van der Waals surface area contributed by atoms with E-state index in [1.807, 2.05) is 35.0 Å². The molecule has 0 fully saturated rings. The first-order chi connectivity index (χ1) is 10.7. The summed E-state index contributed by atoms with van der Waals surface area (Å²) in [5.74, 6) is 1.83. The fraction of sp³-hybridized carbons (Fsp3) is 0.188. The average Bonchev–Trinajstić information content (AvgIpc) is 3.13. The van der Waals surface area contributed by atoms with Crippen LogP contribution in [0.4, 0.5) is 0 Å². The fourth-order valence-electron chi connectivity index (χ4n) is 2.74. The quantitative estimate of drug-likeness (QED) is 0.562. The summed E-state index contributed by atoms with van der Waals surface area (Å²) in [6.45, 7) is 3.26. The van der Waals surface area contributed by atoms with Crippen LogP contribution in [-0.2, 0) is 13.1 Å². The van der Waals surface area contributed by atoms with Crippen molar-refractivity contribution < 1.29 is 4.74 Å². The lowest BCUT2D eigenvalue weighted by atomic mass is 10.2. The van der Waals surface area contributed by atoms with Gasteiger partial charge >= 0.3 is 0 Å². The van der Waals surface area contributed by atoms with Gasteiger partial charge in [0.2, 0.25) is 5.88 Å². The van der Waals surface area contributed by atoms with Crippen LogP contribution in [0.3, 0.4) is 0 Å². The highest BCUT2D eigenvalue weighted by molar-refractivity contribution is 5.93. The maximum atomic E-state index is 7.76. The summed E-state index contributed by atoms with van der Waals surface area (Å²) in [6, 6.07) is 7.80. The minimum absolute atomic E-state index is 0.489. The van der Waals surface area contributed by atoms with Gasteiger partial charge in [0.25, 0.3) is 0 Å². The molecule has 1 aliphatic rings. The molecule has 0 spiro atoms. The van der Waals surface area contributed by atoms with Gasteiger partial charge in [0.1, 0.15) is 17.9 Å². The highest BCUT2D eigenvalue weighted by atomic mass is 16.5. The molecule has 0 atom stereocenters. The monoisotopic (exact) mass is 293 g/mol. The van der Waals surface area contributed by atoms with E-state index in [1.54, 1.807) is 6.92 Å². The zero-order valence-corrected chi connectivity index (χ0v) is 12.1. The van der Waals surface area contributed by atoms with Gasteiger partial charge in [-0.15, -0.1) is 0 Å². The van der Waals surface area contributed by atoms with Crippen molar-refractivity contribution >= 4 is 16.7 Å². The Kier molecular flexibility index (Phi) is 2.90. The van der Waals surface area contributed by atoms with Crippen molar-refractivity contribution in [3.63, 3.8) is 0 Å². The van der Waals surface area contributed by atoms with Crippen LogP contribution in [-0.4, -0.2) is 20.4 Å². The van der Waals surface area contributed by atoms with Gasteiger partial charge in [-0.3, -0.25) is 5.41 Å². The number of aromatic nitrogens is 3. The number of hydrogen-bond donors (Lipinski definition) is 2. The Morgan fingerprint density at radius 1 is 1.27 bits per heavy atom. The molecule has 6 heteroatoms. The van der Waals surface area contributed by atoms with Crippen molar-refractivity contribution in [3.05, 3.63) is 48.0 Å². The van der Waals surface area contributed by atoms with Crippen molar-refractivity contribution in [3.8, 4) is 11.6 Å². The zero-order valence-electron chi connectivity index (χ0n) is 12.1. The molecular weight excluding hydrogens is 278 g/mol. The number of fused-ring (bicyclic) bond motifs is 2. The lowest BCUT2D eigenvalue weighted by molar-refractivity contribution is 0.455. The molecule has 0 radical (unpaired) electrons. The van der Waals surface area contributed by atoms with Gasteiger partial charge in [0.05, 0.1) is 16.8 Å². The standard InChI is InChI=1S/C16H15N5O/c1-10(17)21-5-4-11-6-12(2-3-15(11)21)22-16-13-7-18-8-14(13)19-9-20-16/h2-6,9,17-18H,7-8H2,1H3. The highest BCUT2D eigenvalue weighted by Gasteiger charge is 2.18. The van der Waals surface area contributed by atoms with Gasteiger partial charge in [0, 0.05) is 24.7 Å². The van der Waals surface area contributed by atoms with Crippen molar-refractivity contribution in [1.29, 1.82) is 5.41 Å². The number of hydrogen-bond acceptors (Lipinski definition) is 5. The van der Waals surface area contributed by atoms with Crippen molar-refractivity contribution in [2.24, 2.45) is 0 Å². The van der Waals surface area contributed by atoms with Gasteiger partial charge in [0.15, 0.2) is 0 Å². The molecule has 0 saturated heterocycles. The molecule has 2 N–H and O–H groups in total. The number of nitrogens with zero attached hydrogens (tertiary/aromatic N) is 3. The molecule has 0 amide bonds. The van der Waals surface area contributed by atoms with Crippen LogP contribution in [0.15, 0.2) is 36.8 Å². The van der Waals surface area contributed by atoms with Crippen LogP contribution < -0.4 is 10.1 Å². The third kappa shape index (κ3) is 2.05. The molecular formula is C16H15N5O. The topological polar surface area (TPSA) is 75.8 Å². The summed E-state index contributed by atoms with van der Waals surface area (Å²) in [5, 5.41) is 12.0. The van der Waals surface area contributed by atoms with Crippen LogP contribution in [0.5, 0.6) is 11.6 Å². The van der Waals surface area contributed by atoms with E-state index in [4.69, 9.17) is 10.1 Å². The number of benzene rings is 1. The molecule has 1 aromatic carbocycles. The van der Waals surface area contributed by atoms with Crippen LogP contribution in [0.2, 0.25) is 0 Å². The Morgan fingerprint density at radius 3 is 3.05 bits per heavy atom. The third-order valence-corrected chi connectivity index (χ3v) is 3.83. The molecule has 3 heterocycles. The molecule has 6 nitrogen and oxygen atoms in total. The molecule has 0 saturated carbocycles. The molecule has 110 valence electrons. The number of ether oxygens (including phenoxy) is 1. The minimum atomic E-state index is 0.489. The van der Waals surface area contributed by atoms with Crippen LogP contribution in [0, 0.1) is 5.41 Å². The summed E-state index contributed by atoms with van der Waals surface area (Å²) in [7, 11) is 0. The first-order valence-corrected chi connectivity index (χ1v) is 7.10. The zero-order chi connectivity index (χ0) is 15.1. The van der Waals surface area contributed by atoms with Crippen LogP contribution in [0.1, 0.15) is 18.2 Å². The smallest absolute Gasteiger partial charge is 0.227 e. The predicted octanol–water partition coefficient (Wildman–Crippen LogP) is 2.67. The summed E-state index contributed by atoms with van der Waals surface area (Å²) >= 11 is 0. The highest BCUT2D eigenvalue weighted by Crippen LogP contribution is 2.29. The van der Waals surface area contributed by atoms with E-state index >= 15 is 0 Å². The average molecular weight is 293 g/mol. The largest absolute Gasteiger partial charge is 0.439 e. The molecule has 4 rings (SSSR count). The van der Waals surface area contributed by atoms with Crippen LogP contribution in [0.25, 0.3) is 10.9 Å². The SMILES string of the molecule is CC(=N)n1ccc2cc(Oc3ncnc4c3CNC4)ccc21.